The topological polar surface area (TPSA) is 58.6 Å². The number of hydrogen-bond donors (Lipinski definition) is 2. The first kappa shape index (κ1) is 10.5. The number of nitrogens with one attached hydrogen (secondary N) is 1. The Hall–Kier alpha value is -1.55. The Morgan fingerprint density at radius 2 is 2.07 bits per heavy atom. The second-order valence-electron chi connectivity index (χ2n) is 2.85. The molecule has 1 aromatic rings. The molecular formula is C10H13NO3. The third-order valence-corrected chi connectivity index (χ3v) is 1.62. The summed E-state index contributed by atoms with van der Waals surface area (Å²) in [5.74, 6) is 0. The third kappa shape index (κ3) is 3.45. The van der Waals surface area contributed by atoms with Gasteiger partial charge in [0.1, 0.15) is 6.61 Å². The van der Waals surface area contributed by atoms with E-state index in [0.29, 0.717) is 5.69 Å². The Morgan fingerprint density at radius 1 is 1.43 bits per heavy atom. The molecule has 0 atom stereocenters. The van der Waals surface area contributed by atoms with Crippen LogP contribution in [0.1, 0.15) is 5.56 Å². The maximum absolute atomic E-state index is 11.0. The number of benzene rings is 1. The number of hydrogen-bond acceptors (Lipinski definition) is 3. The first-order valence-corrected chi connectivity index (χ1v) is 4.33. The number of anilines is 1. The van der Waals surface area contributed by atoms with E-state index in [4.69, 9.17) is 5.11 Å². The minimum absolute atomic E-state index is 0.0116. The first-order chi connectivity index (χ1) is 6.72. The molecular weight excluding hydrogens is 182 g/mol. The van der Waals surface area contributed by atoms with Gasteiger partial charge in [-0.2, -0.15) is 0 Å². The van der Waals surface area contributed by atoms with Crippen LogP contribution in [0.5, 0.6) is 0 Å². The molecule has 1 amide bonds. The monoisotopic (exact) mass is 195 g/mol. The molecule has 0 fully saturated rings. The summed E-state index contributed by atoms with van der Waals surface area (Å²) in [7, 11) is 0. The fraction of sp³-hybridized carbons (Fsp3) is 0.300. The second kappa shape index (κ2) is 5.24. The van der Waals surface area contributed by atoms with E-state index < -0.39 is 6.09 Å². The first-order valence-electron chi connectivity index (χ1n) is 4.33. The average molecular weight is 195 g/mol. The number of aliphatic hydroxyl groups excluding tert-OH is 1. The van der Waals surface area contributed by atoms with Crippen molar-refractivity contribution in [2.24, 2.45) is 0 Å². The zero-order valence-electron chi connectivity index (χ0n) is 7.99. The van der Waals surface area contributed by atoms with Gasteiger partial charge in [0.25, 0.3) is 0 Å². The maximum Gasteiger partial charge on any atom is 0.411 e. The lowest BCUT2D eigenvalue weighted by atomic mass is 10.2. The highest BCUT2D eigenvalue weighted by atomic mass is 16.6. The molecule has 0 aliphatic heterocycles. The van der Waals surface area contributed by atoms with Gasteiger partial charge < -0.3 is 9.84 Å². The van der Waals surface area contributed by atoms with Gasteiger partial charge >= 0.3 is 6.09 Å². The van der Waals surface area contributed by atoms with Gasteiger partial charge in [-0.1, -0.05) is 17.7 Å². The van der Waals surface area contributed by atoms with Crippen LogP contribution in [0.3, 0.4) is 0 Å². The Kier molecular flexibility index (Phi) is 3.94. The lowest BCUT2D eigenvalue weighted by Gasteiger charge is -2.05. The van der Waals surface area contributed by atoms with Gasteiger partial charge in [0, 0.05) is 5.69 Å². The van der Waals surface area contributed by atoms with Crippen molar-refractivity contribution < 1.29 is 14.6 Å². The van der Waals surface area contributed by atoms with E-state index >= 15 is 0 Å². The lowest BCUT2D eigenvalue weighted by molar-refractivity contribution is 0.131. The molecule has 0 saturated heterocycles. The van der Waals surface area contributed by atoms with Crippen LogP contribution < -0.4 is 5.32 Å². The van der Waals surface area contributed by atoms with E-state index in [0.717, 1.165) is 5.56 Å². The van der Waals surface area contributed by atoms with Gasteiger partial charge in [0.15, 0.2) is 0 Å². The van der Waals surface area contributed by atoms with Crippen molar-refractivity contribution in [2.45, 2.75) is 6.92 Å². The molecule has 14 heavy (non-hydrogen) atoms. The number of rotatable bonds is 3. The molecule has 76 valence electrons. The molecule has 2 N–H and O–H groups in total. The largest absolute Gasteiger partial charge is 0.447 e. The molecule has 0 bridgehead atoms. The van der Waals surface area contributed by atoms with E-state index in [9.17, 15) is 4.79 Å². The molecule has 0 heterocycles. The Bertz CT molecular complexity index is 295. The molecule has 1 aromatic carbocycles. The van der Waals surface area contributed by atoms with Gasteiger partial charge in [-0.05, 0) is 19.1 Å². The van der Waals surface area contributed by atoms with Gasteiger partial charge in [0.05, 0.1) is 6.61 Å². The smallest absolute Gasteiger partial charge is 0.411 e. The van der Waals surface area contributed by atoms with Gasteiger partial charge in [-0.15, -0.1) is 0 Å². The lowest BCUT2D eigenvalue weighted by Crippen LogP contribution is -2.15. The molecule has 0 aliphatic rings. The Balaban J connectivity index is 2.44. The molecule has 0 aliphatic carbocycles. The number of aryl methyl sites for hydroxylation is 1. The van der Waals surface area contributed by atoms with E-state index in [2.05, 4.69) is 10.1 Å². The van der Waals surface area contributed by atoms with E-state index in [-0.39, 0.29) is 13.2 Å². The fourth-order valence-electron chi connectivity index (χ4n) is 0.929. The predicted molar refractivity (Wildman–Crippen MR) is 53.2 cm³/mol. The van der Waals surface area contributed by atoms with Gasteiger partial charge in [-0.25, -0.2) is 4.79 Å². The Labute approximate surface area is 82.5 Å². The summed E-state index contributed by atoms with van der Waals surface area (Å²) in [5.41, 5.74) is 1.80. The Morgan fingerprint density at radius 3 is 2.64 bits per heavy atom. The SMILES string of the molecule is Cc1ccc(NC(=O)OCCO)cc1. The van der Waals surface area contributed by atoms with E-state index in [1.807, 2.05) is 19.1 Å². The highest BCUT2D eigenvalue weighted by molar-refractivity contribution is 5.84. The summed E-state index contributed by atoms with van der Waals surface area (Å²) in [4.78, 5) is 11.0. The standard InChI is InChI=1S/C10H13NO3/c1-8-2-4-9(5-3-8)11-10(13)14-7-6-12/h2-5,12H,6-7H2,1H3,(H,11,13). The minimum atomic E-state index is -0.553. The van der Waals surface area contributed by atoms with Crippen LogP contribution in [0, 0.1) is 6.92 Å². The second-order valence-corrected chi connectivity index (χ2v) is 2.85. The minimum Gasteiger partial charge on any atom is -0.447 e. The summed E-state index contributed by atoms with van der Waals surface area (Å²) in [6, 6.07) is 7.36. The molecule has 4 heteroatoms. The number of carbonyl (C=O) groups excluding carboxylic acids is 1. The molecule has 0 radical (unpaired) electrons. The van der Waals surface area contributed by atoms with Crippen molar-refractivity contribution in [1.29, 1.82) is 0 Å². The summed E-state index contributed by atoms with van der Waals surface area (Å²) in [5, 5.41) is 10.9. The van der Waals surface area contributed by atoms with Crippen molar-refractivity contribution in [3.63, 3.8) is 0 Å². The van der Waals surface area contributed by atoms with Crippen LogP contribution >= 0.6 is 0 Å². The quantitative estimate of drug-likeness (QED) is 0.769. The van der Waals surface area contributed by atoms with Crippen LogP contribution in [0.25, 0.3) is 0 Å². The molecule has 1 rings (SSSR count). The van der Waals surface area contributed by atoms with E-state index in [1.165, 1.54) is 0 Å². The highest BCUT2D eigenvalue weighted by Crippen LogP contribution is 2.08. The van der Waals surface area contributed by atoms with Crippen LogP contribution in [-0.4, -0.2) is 24.4 Å². The predicted octanol–water partition coefficient (Wildman–Crippen LogP) is 1.54. The molecule has 0 spiro atoms. The maximum atomic E-state index is 11.0. The normalized spacial score (nSPS) is 9.57. The number of carbonyl (C=O) groups is 1. The molecule has 0 unspecified atom stereocenters. The van der Waals surface area contributed by atoms with Crippen molar-refractivity contribution in [3.8, 4) is 0 Å². The zero-order chi connectivity index (χ0) is 10.4. The van der Waals surface area contributed by atoms with Crippen molar-refractivity contribution in [1.82, 2.24) is 0 Å². The number of amides is 1. The average Bonchev–Trinajstić information content (AvgIpc) is 2.18. The van der Waals surface area contributed by atoms with Crippen LogP contribution in [0.15, 0.2) is 24.3 Å². The van der Waals surface area contributed by atoms with Crippen LogP contribution in [0.4, 0.5) is 10.5 Å². The van der Waals surface area contributed by atoms with Crippen molar-refractivity contribution >= 4 is 11.8 Å². The third-order valence-electron chi connectivity index (χ3n) is 1.62. The van der Waals surface area contributed by atoms with Gasteiger partial charge in [0.2, 0.25) is 0 Å². The summed E-state index contributed by atoms with van der Waals surface area (Å²) in [6.45, 7) is 1.81. The van der Waals surface area contributed by atoms with Crippen molar-refractivity contribution in [2.75, 3.05) is 18.5 Å². The van der Waals surface area contributed by atoms with Gasteiger partial charge in [-0.3, -0.25) is 5.32 Å². The molecule has 4 nitrogen and oxygen atoms in total. The van der Waals surface area contributed by atoms with E-state index in [1.54, 1.807) is 12.1 Å². The number of aliphatic hydroxyl groups is 1. The van der Waals surface area contributed by atoms with Crippen molar-refractivity contribution in [3.05, 3.63) is 29.8 Å². The highest BCUT2D eigenvalue weighted by Gasteiger charge is 2.01. The fourth-order valence-corrected chi connectivity index (χ4v) is 0.929. The molecule has 0 saturated carbocycles. The zero-order valence-corrected chi connectivity index (χ0v) is 7.99. The summed E-state index contributed by atoms with van der Waals surface area (Å²) >= 11 is 0. The summed E-state index contributed by atoms with van der Waals surface area (Å²) in [6.07, 6.45) is -0.553. The van der Waals surface area contributed by atoms with Crippen LogP contribution in [-0.2, 0) is 4.74 Å². The molecule has 0 aromatic heterocycles. The summed E-state index contributed by atoms with van der Waals surface area (Å²) < 4.78 is 4.63. The van der Waals surface area contributed by atoms with Crippen LogP contribution in [0.2, 0.25) is 0 Å². The number of ether oxygens (including phenoxy) is 1.